The number of carbonyl (C=O) groups is 3. The molecule has 8 nitrogen and oxygen atoms in total. The average Bonchev–Trinajstić information content (AvgIpc) is 2.95. The molecule has 1 fully saturated rings. The van der Waals surface area contributed by atoms with Crippen LogP contribution in [-0.2, 0) is 9.59 Å². The molecule has 0 aromatic heterocycles. The molecule has 2 aromatic rings. The molecule has 2 N–H and O–H groups in total. The summed E-state index contributed by atoms with van der Waals surface area (Å²) in [5.74, 6) is -0.765. The van der Waals surface area contributed by atoms with Gasteiger partial charge in [-0.25, -0.2) is 4.90 Å². The van der Waals surface area contributed by atoms with E-state index in [4.69, 9.17) is 14.6 Å². The maximum Gasteiger partial charge on any atom is 0.306 e. The lowest BCUT2D eigenvalue weighted by Gasteiger charge is -2.12. The number of aromatic hydroxyl groups is 1. The lowest BCUT2D eigenvalue weighted by Crippen LogP contribution is -2.27. The summed E-state index contributed by atoms with van der Waals surface area (Å²) in [5.41, 5.74) is 0.893. The van der Waals surface area contributed by atoms with Gasteiger partial charge in [0.05, 0.1) is 30.7 Å². The van der Waals surface area contributed by atoms with E-state index in [1.165, 1.54) is 19.2 Å². The van der Waals surface area contributed by atoms with Crippen molar-refractivity contribution in [3.63, 3.8) is 0 Å². The number of hydrogen-bond donors (Lipinski definition) is 2. The summed E-state index contributed by atoms with van der Waals surface area (Å²) in [6.07, 6.45) is 1.41. The largest absolute Gasteiger partial charge is 0.508 e. The quantitative estimate of drug-likeness (QED) is 0.661. The fourth-order valence-electron chi connectivity index (χ4n) is 2.62. The van der Waals surface area contributed by atoms with Gasteiger partial charge in [-0.1, -0.05) is 12.1 Å². The Morgan fingerprint density at radius 2 is 1.97 bits per heavy atom. The molecule has 150 valence electrons. The minimum atomic E-state index is -0.969. The van der Waals surface area contributed by atoms with Gasteiger partial charge in [0, 0.05) is 6.07 Å². The Balaban J connectivity index is 1.81. The molecule has 0 aliphatic carbocycles. The number of carboxylic acid groups (broad SMARTS) is 1. The summed E-state index contributed by atoms with van der Waals surface area (Å²) < 4.78 is 10.7. The van der Waals surface area contributed by atoms with Crippen LogP contribution in [0.25, 0.3) is 6.08 Å². The van der Waals surface area contributed by atoms with Crippen molar-refractivity contribution in [1.82, 2.24) is 0 Å². The number of methoxy groups -OCH3 is 1. The number of amides is 2. The summed E-state index contributed by atoms with van der Waals surface area (Å²) in [6, 6.07) is 10.8. The van der Waals surface area contributed by atoms with Crippen molar-refractivity contribution >= 4 is 40.6 Å². The highest BCUT2D eigenvalue weighted by molar-refractivity contribution is 8.19. The molecule has 0 bridgehead atoms. The molecule has 9 heteroatoms. The number of phenols is 1. The predicted octanol–water partition coefficient (Wildman–Crippen LogP) is 3.50. The molecule has 0 spiro atoms. The SMILES string of the molecule is COc1cc(/C=C2/SC(=O)N(c3cccc(O)c3)C2=O)ccc1OCCC(=O)O. The minimum Gasteiger partial charge on any atom is -0.508 e. The van der Waals surface area contributed by atoms with Gasteiger partial charge in [0.2, 0.25) is 0 Å². The van der Waals surface area contributed by atoms with Gasteiger partial charge in [-0.05, 0) is 47.7 Å². The van der Waals surface area contributed by atoms with Crippen LogP contribution in [0, 0.1) is 0 Å². The van der Waals surface area contributed by atoms with E-state index in [0.717, 1.165) is 16.7 Å². The number of anilines is 1. The van der Waals surface area contributed by atoms with Crippen molar-refractivity contribution < 1.29 is 34.1 Å². The van der Waals surface area contributed by atoms with Gasteiger partial charge in [-0.3, -0.25) is 14.4 Å². The number of imide groups is 1. The molecule has 1 aliphatic heterocycles. The zero-order chi connectivity index (χ0) is 21.0. The van der Waals surface area contributed by atoms with Crippen molar-refractivity contribution in [3.05, 3.63) is 52.9 Å². The van der Waals surface area contributed by atoms with E-state index < -0.39 is 17.1 Å². The molecule has 1 aliphatic rings. The topological polar surface area (TPSA) is 113 Å². The molecular weight excluding hydrogens is 398 g/mol. The maximum atomic E-state index is 12.7. The molecule has 0 atom stereocenters. The number of carbonyl (C=O) groups excluding carboxylic acids is 2. The monoisotopic (exact) mass is 415 g/mol. The Kier molecular flexibility index (Phi) is 6.08. The summed E-state index contributed by atoms with van der Waals surface area (Å²) in [6.45, 7) is -0.00610. The first kappa shape index (κ1) is 20.3. The Labute approximate surface area is 170 Å². The van der Waals surface area contributed by atoms with Crippen LogP contribution in [0.15, 0.2) is 47.4 Å². The van der Waals surface area contributed by atoms with Crippen LogP contribution in [0.3, 0.4) is 0 Å². The fourth-order valence-corrected chi connectivity index (χ4v) is 3.46. The third-order valence-electron chi connectivity index (χ3n) is 3.94. The third-order valence-corrected chi connectivity index (χ3v) is 4.81. The van der Waals surface area contributed by atoms with E-state index in [2.05, 4.69) is 0 Å². The average molecular weight is 415 g/mol. The Morgan fingerprint density at radius 3 is 2.66 bits per heavy atom. The minimum absolute atomic E-state index is 0.00610. The van der Waals surface area contributed by atoms with Gasteiger partial charge in [-0.2, -0.15) is 0 Å². The number of aliphatic carboxylic acids is 1. The highest BCUT2D eigenvalue weighted by Crippen LogP contribution is 2.37. The number of phenolic OH excluding ortho intramolecular Hbond substituents is 1. The van der Waals surface area contributed by atoms with E-state index in [-0.39, 0.29) is 29.4 Å². The second-order valence-corrected chi connectivity index (χ2v) is 6.93. The third kappa shape index (κ3) is 4.69. The van der Waals surface area contributed by atoms with E-state index in [1.807, 2.05) is 0 Å². The first-order chi connectivity index (χ1) is 13.9. The van der Waals surface area contributed by atoms with Gasteiger partial charge in [-0.15, -0.1) is 0 Å². The molecule has 0 radical (unpaired) electrons. The van der Waals surface area contributed by atoms with Gasteiger partial charge in [0.25, 0.3) is 11.1 Å². The van der Waals surface area contributed by atoms with Crippen molar-refractivity contribution in [3.8, 4) is 17.2 Å². The Morgan fingerprint density at radius 1 is 1.17 bits per heavy atom. The van der Waals surface area contributed by atoms with E-state index in [1.54, 1.807) is 36.4 Å². The van der Waals surface area contributed by atoms with Crippen LogP contribution in [0.1, 0.15) is 12.0 Å². The Bertz CT molecular complexity index is 1000. The fraction of sp³-hybridized carbons (Fsp3) is 0.150. The first-order valence-electron chi connectivity index (χ1n) is 8.48. The Hall–Kier alpha value is -3.46. The van der Waals surface area contributed by atoms with Gasteiger partial charge >= 0.3 is 5.97 Å². The number of ether oxygens (including phenoxy) is 2. The van der Waals surface area contributed by atoms with Crippen LogP contribution in [-0.4, -0.2) is 41.0 Å². The van der Waals surface area contributed by atoms with Gasteiger partial charge < -0.3 is 19.7 Å². The first-order valence-corrected chi connectivity index (χ1v) is 9.30. The zero-order valence-corrected chi connectivity index (χ0v) is 16.1. The number of thioether (sulfide) groups is 1. The number of hydrogen-bond acceptors (Lipinski definition) is 7. The molecule has 29 heavy (non-hydrogen) atoms. The molecule has 1 saturated heterocycles. The molecular formula is C20H17NO7S. The number of nitrogens with zero attached hydrogens (tertiary/aromatic N) is 1. The van der Waals surface area contributed by atoms with E-state index in [0.29, 0.717) is 17.1 Å². The maximum absolute atomic E-state index is 12.7. The second-order valence-electron chi connectivity index (χ2n) is 5.94. The summed E-state index contributed by atoms with van der Waals surface area (Å²) in [7, 11) is 1.44. The highest BCUT2D eigenvalue weighted by atomic mass is 32.2. The van der Waals surface area contributed by atoms with Crippen molar-refractivity contribution in [1.29, 1.82) is 0 Å². The van der Waals surface area contributed by atoms with Crippen molar-refractivity contribution in [2.45, 2.75) is 6.42 Å². The van der Waals surface area contributed by atoms with Gasteiger partial charge in [0.1, 0.15) is 5.75 Å². The lowest BCUT2D eigenvalue weighted by molar-refractivity contribution is -0.137. The van der Waals surface area contributed by atoms with E-state index >= 15 is 0 Å². The predicted molar refractivity (Wildman–Crippen MR) is 107 cm³/mol. The molecule has 3 rings (SSSR count). The highest BCUT2D eigenvalue weighted by Gasteiger charge is 2.36. The molecule has 1 heterocycles. The van der Waals surface area contributed by atoms with Crippen LogP contribution in [0.4, 0.5) is 10.5 Å². The summed E-state index contributed by atoms with van der Waals surface area (Å²) in [5, 5.41) is 17.8. The molecule has 0 saturated carbocycles. The second kappa shape index (κ2) is 8.70. The molecule has 0 unspecified atom stereocenters. The summed E-state index contributed by atoms with van der Waals surface area (Å²) >= 11 is 0.792. The van der Waals surface area contributed by atoms with Crippen molar-refractivity contribution in [2.24, 2.45) is 0 Å². The van der Waals surface area contributed by atoms with Gasteiger partial charge in [0.15, 0.2) is 11.5 Å². The van der Waals surface area contributed by atoms with Crippen LogP contribution < -0.4 is 14.4 Å². The summed E-state index contributed by atoms with van der Waals surface area (Å²) in [4.78, 5) is 36.8. The number of carboxylic acids is 1. The lowest BCUT2D eigenvalue weighted by atomic mass is 10.1. The normalized spacial score (nSPS) is 15.1. The van der Waals surface area contributed by atoms with Crippen molar-refractivity contribution in [2.75, 3.05) is 18.6 Å². The number of rotatable bonds is 7. The standard InChI is InChI=1S/C20H17NO7S/c1-27-16-9-12(5-6-15(16)28-8-7-18(23)24)10-17-19(25)21(20(26)29-17)13-3-2-4-14(22)11-13/h2-6,9-11,22H,7-8H2,1H3,(H,23,24)/b17-10+. The van der Waals surface area contributed by atoms with Crippen LogP contribution in [0.5, 0.6) is 17.2 Å². The molecule has 2 amide bonds. The molecule has 2 aromatic carbocycles. The van der Waals surface area contributed by atoms with E-state index in [9.17, 15) is 19.5 Å². The van der Waals surface area contributed by atoms with Crippen LogP contribution >= 0.6 is 11.8 Å². The van der Waals surface area contributed by atoms with Crippen LogP contribution in [0.2, 0.25) is 0 Å². The zero-order valence-electron chi connectivity index (χ0n) is 15.3. The number of benzene rings is 2. The smallest absolute Gasteiger partial charge is 0.306 e.